The first-order valence-corrected chi connectivity index (χ1v) is 7.21. The van der Waals surface area contributed by atoms with E-state index < -0.39 is 4.92 Å². The standard InChI is InChI=1S/C16H16N2O3S/c1-12(11-13-5-3-2-4-6-13)21-16(22)17-14-7-9-15(10-8-14)18(19)20/h2-10,12H,11H2,1H3,(H,17,22). The molecule has 6 heteroatoms. The summed E-state index contributed by atoms with van der Waals surface area (Å²) in [4.78, 5) is 10.1. The molecule has 0 radical (unpaired) electrons. The normalized spacial score (nSPS) is 11.5. The Balaban J connectivity index is 1.85. The first-order chi connectivity index (χ1) is 10.5. The highest BCUT2D eigenvalue weighted by molar-refractivity contribution is 7.80. The lowest BCUT2D eigenvalue weighted by atomic mass is 10.1. The fourth-order valence-electron chi connectivity index (χ4n) is 1.98. The van der Waals surface area contributed by atoms with Gasteiger partial charge >= 0.3 is 0 Å². The lowest BCUT2D eigenvalue weighted by Crippen LogP contribution is -2.21. The maximum Gasteiger partial charge on any atom is 0.269 e. The molecular formula is C16H16N2O3S. The Morgan fingerprint density at radius 1 is 1.23 bits per heavy atom. The fraction of sp³-hybridized carbons (Fsp3) is 0.188. The van der Waals surface area contributed by atoms with E-state index in [2.05, 4.69) is 5.32 Å². The van der Waals surface area contributed by atoms with Crippen LogP contribution < -0.4 is 5.32 Å². The second-order valence-electron chi connectivity index (χ2n) is 4.83. The van der Waals surface area contributed by atoms with Gasteiger partial charge in [0.05, 0.1) is 4.92 Å². The Morgan fingerprint density at radius 2 is 1.86 bits per heavy atom. The highest BCUT2D eigenvalue weighted by atomic mass is 32.1. The van der Waals surface area contributed by atoms with Crippen molar-refractivity contribution in [3.05, 3.63) is 70.3 Å². The van der Waals surface area contributed by atoms with E-state index in [-0.39, 0.29) is 17.0 Å². The average Bonchev–Trinajstić information content (AvgIpc) is 2.48. The molecule has 22 heavy (non-hydrogen) atoms. The van der Waals surface area contributed by atoms with Crippen LogP contribution in [0.2, 0.25) is 0 Å². The molecule has 0 aliphatic heterocycles. The Morgan fingerprint density at radius 3 is 2.45 bits per heavy atom. The molecule has 1 unspecified atom stereocenters. The third-order valence-corrected chi connectivity index (χ3v) is 3.20. The number of nitrogens with zero attached hydrogens (tertiary/aromatic N) is 1. The van der Waals surface area contributed by atoms with Gasteiger partial charge in [0.1, 0.15) is 6.10 Å². The van der Waals surface area contributed by atoms with E-state index in [0.717, 1.165) is 6.42 Å². The first kappa shape index (κ1) is 15.9. The van der Waals surface area contributed by atoms with E-state index in [1.807, 2.05) is 37.3 Å². The second-order valence-corrected chi connectivity index (χ2v) is 5.21. The van der Waals surface area contributed by atoms with Crippen molar-refractivity contribution in [2.45, 2.75) is 19.4 Å². The van der Waals surface area contributed by atoms with Gasteiger partial charge in [0.25, 0.3) is 10.9 Å². The van der Waals surface area contributed by atoms with Gasteiger partial charge in [-0.3, -0.25) is 10.1 Å². The van der Waals surface area contributed by atoms with Crippen molar-refractivity contribution in [3.63, 3.8) is 0 Å². The molecule has 0 aromatic heterocycles. The van der Waals surface area contributed by atoms with Crippen LogP contribution in [0.3, 0.4) is 0 Å². The molecular weight excluding hydrogens is 300 g/mol. The summed E-state index contributed by atoms with van der Waals surface area (Å²) in [7, 11) is 0. The van der Waals surface area contributed by atoms with Crippen molar-refractivity contribution in [3.8, 4) is 0 Å². The van der Waals surface area contributed by atoms with Crippen molar-refractivity contribution >= 4 is 28.8 Å². The molecule has 2 aromatic carbocycles. The van der Waals surface area contributed by atoms with Crippen LogP contribution >= 0.6 is 12.2 Å². The van der Waals surface area contributed by atoms with Crippen molar-refractivity contribution in [1.29, 1.82) is 0 Å². The van der Waals surface area contributed by atoms with E-state index in [1.165, 1.54) is 17.7 Å². The minimum Gasteiger partial charge on any atom is -0.467 e. The van der Waals surface area contributed by atoms with Gasteiger partial charge in [-0.1, -0.05) is 30.3 Å². The molecule has 2 aromatic rings. The molecule has 0 saturated carbocycles. The number of nitro benzene ring substituents is 1. The van der Waals surface area contributed by atoms with Crippen molar-refractivity contribution in [2.75, 3.05) is 5.32 Å². The molecule has 0 amide bonds. The lowest BCUT2D eigenvalue weighted by molar-refractivity contribution is -0.384. The molecule has 0 heterocycles. The summed E-state index contributed by atoms with van der Waals surface area (Å²) in [6.07, 6.45) is 0.684. The summed E-state index contributed by atoms with van der Waals surface area (Å²) in [6.45, 7) is 1.94. The molecule has 0 aliphatic rings. The van der Waals surface area contributed by atoms with Crippen molar-refractivity contribution < 1.29 is 9.66 Å². The maximum atomic E-state index is 10.6. The highest BCUT2D eigenvalue weighted by Gasteiger charge is 2.09. The highest BCUT2D eigenvalue weighted by Crippen LogP contribution is 2.16. The SMILES string of the molecule is CC(Cc1ccccc1)OC(=S)Nc1ccc([N+](=O)[O-])cc1. The minimum absolute atomic E-state index is 0.0369. The van der Waals surface area contributed by atoms with Gasteiger partial charge in [-0.05, 0) is 36.8 Å². The largest absolute Gasteiger partial charge is 0.467 e. The number of hydrogen-bond donors (Lipinski definition) is 1. The van der Waals surface area contributed by atoms with Crippen molar-refractivity contribution in [1.82, 2.24) is 0 Å². The molecule has 0 fully saturated rings. The summed E-state index contributed by atoms with van der Waals surface area (Å²) in [5.74, 6) is 0. The molecule has 0 spiro atoms. The van der Waals surface area contributed by atoms with Gasteiger partial charge in [0.2, 0.25) is 0 Å². The minimum atomic E-state index is -0.444. The third kappa shape index (κ3) is 4.82. The van der Waals surface area contributed by atoms with Crippen LogP contribution in [0.5, 0.6) is 0 Å². The number of anilines is 1. The summed E-state index contributed by atoms with van der Waals surface area (Å²) < 4.78 is 5.62. The fourth-order valence-corrected chi connectivity index (χ4v) is 2.27. The molecule has 2 rings (SSSR count). The van der Waals surface area contributed by atoms with E-state index in [9.17, 15) is 10.1 Å². The lowest BCUT2D eigenvalue weighted by Gasteiger charge is -2.16. The zero-order valence-electron chi connectivity index (χ0n) is 12.1. The van der Waals surface area contributed by atoms with Gasteiger partial charge in [0, 0.05) is 24.2 Å². The number of non-ortho nitro benzene ring substituents is 1. The predicted molar refractivity (Wildman–Crippen MR) is 90.0 cm³/mol. The number of hydrogen-bond acceptors (Lipinski definition) is 4. The van der Waals surface area contributed by atoms with Crippen LogP contribution in [0.4, 0.5) is 11.4 Å². The number of rotatable bonds is 5. The maximum absolute atomic E-state index is 10.6. The summed E-state index contributed by atoms with van der Waals surface area (Å²) >= 11 is 5.15. The van der Waals surface area contributed by atoms with E-state index in [0.29, 0.717) is 5.69 Å². The summed E-state index contributed by atoms with van der Waals surface area (Å²) in [6, 6.07) is 16.0. The van der Waals surface area contributed by atoms with Crippen molar-refractivity contribution in [2.24, 2.45) is 0 Å². The van der Waals surface area contributed by atoms with Gasteiger partial charge in [0.15, 0.2) is 0 Å². The number of ether oxygens (including phenoxy) is 1. The zero-order valence-corrected chi connectivity index (χ0v) is 12.9. The second kappa shape index (κ2) is 7.51. The molecule has 114 valence electrons. The number of benzene rings is 2. The Hall–Kier alpha value is -2.47. The van der Waals surface area contributed by atoms with E-state index in [1.54, 1.807) is 12.1 Å². The average molecular weight is 316 g/mol. The Kier molecular flexibility index (Phi) is 5.43. The van der Waals surface area contributed by atoms with Gasteiger partial charge in [-0.15, -0.1) is 0 Å². The third-order valence-electron chi connectivity index (χ3n) is 3.00. The van der Waals surface area contributed by atoms with Crippen LogP contribution in [-0.2, 0) is 11.2 Å². The number of nitrogens with one attached hydrogen (secondary N) is 1. The van der Waals surface area contributed by atoms with E-state index in [4.69, 9.17) is 17.0 Å². The first-order valence-electron chi connectivity index (χ1n) is 6.80. The van der Waals surface area contributed by atoms with Gasteiger partial charge in [-0.2, -0.15) is 0 Å². The quantitative estimate of drug-likeness (QED) is 0.514. The summed E-state index contributed by atoms with van der Waals surface area (Å²) in [5, 5.41) is 13.7. The topological polar surface area (TPSA) is 64.4 Å². The van der Waals surface area contributed by atoms with Gasteiger partial charge in [-0.25, -0.2) is 0 Å². The zero-order chi connectivity index (χ0) is 15.9. The van der Waals surface area contributed by atoms with Gasteiger partial charge < -0.3 is 10.1 Å². The molecule has 1 N–H and O–H groups in total. The monoisotopic (exact) mass is 316 g/mol. The van der Waals surface area contributed by atoms with Crippen LogP contribution in [0.15, 0.2) is 54.6 Å². The molecule has 0 bridgehead atoms. The smallest absolute Gasteiger partial charge is 0.269 e. The van der Waals surface area contributed by atoms with E-state index >= 15 is 0 Å². The number of nitro groups is 1. The van der Waals surface area contributed by atoms with Crippen LogP contribution in [0.25, 0.3) is 0 Å². The molecule has 1 atom stereocenters. The van der Waals surface area contributed by atoms with Crippen LogP contribution in [-0.4, -0.2) is 16.2 Å². The summed E-state index contributed by atoms with van der Waals surface area (Å²) in [5.41, 5.74) is 1.87. The molecule has 0 saturated heterocycles. The Bertz CT molecular complexity index is 644. The van der Waals surface area contributed by atoms with Crippen LogP contribution in [0, 0.1) is 10.1 Å². The number of thiocarbonyl (C=S) groups is 1. The van der Waals surface area contributed by atoms with Crippen LogP contribution in [0.1, 0.15) is 12.5 Å². The Labute approximate surface area is 134 Å². The molecule has 5 nitrogen and oxygen atoms in total. The molecule has 0 aliphatic carbocycles. The predicted octanol–water partition coefficient (Wildman–Crippen LogP) is 3.94.